The number of rotatable bonds is 9. The normalized spacial score (nSPS) is 13.7. The second-order valence-corrected chi connectivity index (χ2v) is 9.13. The lowest BCUT2D eigenvalue weighted by Crippen LogP contribution is -2.47. The Kier molecular flexibility index (Phi) is 8.16. The van der Waals surface area contributed by atoms with Crippen molar-refractivity contribution in [1.82, 2.24) is 10.0 Å². The van der Waals surface area contributed by atoms with Crippen LogP contribution in [0.15, 0.2) is 59.5 Å². The maximum atomic E-state index is 12.8. The van der Waals surface area contributed by atoms with Crippen LogP contribution in [0.1, 0.15) is 24.9 Å². The van der Waals surface area contributed by atoms with E-state index in [9.17, 15) is 13.2 Å². The van der Waals surface area contributed by atoms with Crippen molar-refractivity contribution in [3.05, 3.63) is 65.2 Å². The van der Waals surface area contributed by atoms with Gasteiger partial charge >= 0.3 is 0 Å². The molecule has 0 saturated heterocycles. The third-order valence-electron chi connectivity index (χ3n) is 4.01. The first-order chi connectivity index (χ1) is 12.8. The van der Waals surface area contributed by atoms with Crippen molar-refractivity contribution >= 4 is 39.3 Å². The molecule has 0 spiro atoms. The van der Waals surface area contributed by atoms with E-state index >= 15 is 0 Å². The summed E-state index contributed by atoms with van der Waals surface area (Å²) in [4.78, 5) is 12.9. The number of hydrogen-bond donors (Lipinski definition) is 2. The van der Waals surface area contributed by atoms with Gasteiger partial charge in [0.15, 0.2) is 0 Å². The zero-order valence-corrected chi connectivity index (χ0v) is 17.6. The monoisotopic (exact) mass is 426 g/mol. The van der Waals surface area contributed by atoms with Crippen LogP contribution in [-0.2, 0) is 14.8 Å². The maximum absolute atomic E-state index is 12.8. The van der Waals surface area contributed by atoms with Crippen LogP contribution >= 0.6 is 23.4 Å². The average Bonchev–Trinajstić information content (AvgIpc) is 2.66. The van der Waals surface area contributed by atoms with Gasteiger partial charge in [-0.05, 0) is 49.1 Å². The van der Waals surface area contributed by atoms with Crippen LogP contribution in [0.25, 0.3) is 0 Å². The van der Waals surface area contributed by atoms with Gasteiger partial charge in [-0.25, -0.2) is 8.42 Å². The molecule has 2 unspecified atom stereocenters. The minimum Gasteiger partial charge on any atom is -0.348 e. The Morgan fingerprint density at radius 1 is 1.11 bits per heavy atom. The number of amides is 1. The fraction of sp³-hybridized carbons (Fsp3) is 0.316. The SMILES string of the molecule is CSCCC(NS(=O)(=O)c1ccccc1)C(=O)NC(C)c1ccccc1Cl. The fourth-order valence-corrected chi connectivity index (χ4v) is 4.57. The fourth-order valence-electron chi connectivity index (χ4n) is 2.55. The van der Waals surface area contributed by atoms with Gasteiger partial charge in [-0.3, -0.25) is 4.79 Å². The molecule has 2 atom stereocenters. The summed E-state index contributed by atoms with van der Waals surface area (Å²) in [6.45, 7) is 1.82. The third kappa shape index (κ3) is 6.24. The smallest absolute Gasteiger partial charge is 0.241 e. The second kappa shape index (κ2) is 10.1. The first-order valence-corrected chi connectivity index (χ1v) is 11.7. The molecule has 1 amide bonds. The second-order valence-electron chi connectivity index (χ2n) is 6.02. The van der Waals surface area contributed by atoms with Crippen LogP contribution in [0.4, 0.5) is 0 Å². The Hall–Kier alpha value is -1.54. The molecule has 0 aliphatic rings. The summed E-state index contributed by atoms with van der Waals surface area (Å²) in [5.41, 5.74) is 0.780. The zero-order chi connectivity index (χ0) is 19.9. The zero-order valence-electron chi connectivity index (χ0n) is 15.2. The van der Waals surface area contributed by atoms with Gasteiger partial charge in [0.05, 0.1) is 10.9 Å². The van der Waals surface area contributed by atoms with Crippen molar-refractivity contribution in [2.45, 2.75) is 30.3 Å². The summed E-state index contributed by atoms with van der Waals surface area (Å²) in [5.74, 6) is 0.270. The summed E-state index contributed by atoms with van der Waals surface area (Å²) in [6, 6.07) is 14.1. The molecule has 0 aliphatic heterocycles. The summed E-state index contributed by atoms with van der Waals surface area (Å²) in [7, 11) is -3.79. The van der Waals surface area contributed by atoms with E-state index < -0.39 is 16.1 Å². The highest BCUT2D eigenvalue weighted by Gasteiger charge is 2.26. The van der Waals surface area contributed by atoms with Crippen molar-refractivity contribution in [3.63, 3.8) is 0 Å². The molecule has 2 N–H and O–H groups in total. The van der Waals surface area contributed by atoms with Crippen molar-refractivity contribution in [2.24, 2.45) is 0 Å². The molecule has 0 radical (unpaired) electrons. The molecule has 0 aliphatic carbocycles. The van der Waals surface area contributed by atoms with Crippen LogP contribution in [0, 0.1) is 0 Å². The highest BCUT2D eigenvalue weighted by Crippen LogP contribution is 2.22. The lowest BCUT2D eigenvalue weighted by molar-refractivity contribution is -0.123. The summed E-state index contributed by atoms with van der Waals surface area (Å²) < 4.78 is 27.7. The number of benzene rings is 2. The molecule has 146 valence electrons. The number of sulfonamides is 1. The maximum Gasteiger partial charge on any atom is 0.241 e. The molecule has 0 aromatic heterocycles. The number of hydrogen-bond acceptors (Lipinski definition) is 4. The number of thioether (sulfide) groups is 1. The highest BCUT2D eigenvalue weighted by atomic mass is 35.5. The number of carbonyl (C=O) groups excluding carboxylic acids is 1. The number of nitrogens with one attached hydrogen (secondary N) is 2. The molecule has 5 nitrogen and oxygen atoms in total. The van der Waals surface area contributed by atoms with Crippen LogP contribution < -0.4 is 10.0 Å². The molecule has 2 aromatic rings. The minimum atomic E-state index is -3.79. The van der Waals surface area contributed by atoms with Gasteiger partial charge in [0.25, 0.3) is 0 Å². The van der Waals surface area contributed by atoms with E-state index in [0.717, 1.165) is 5.56 Å². The standard InChI is InChI=1S/C19H23ClN2O3S2/c1-14(16-10-6-7-11-17(16)20)21-19(23)18(12-13-26-2)22-27(24,25)15-8-4-3-5-9-15/h3-11,14,18,22H,12-13H2,1-2H3,(H,21,23). The highest BCUT2D eigenvalue weighted by molar-refractivity contribution is 7.98. The largest absolute Gasteiger partial charge is 0.348 e. The van der Waals surface area contributed by atoms with E-state index in [1.165, 1.54) is 12.1 Å². The van der Waals surface area contributed by atoms with E-state index in [2.05, 4.69) is 10.0 Å². The van der Waals surface area contributed by atoms with Gasteiger partial charge in [-0.15, -0.1) is 0 Å². The van der Waals surface area contributed by atoms with Gasteiger partial charge < -0.3 is 5.32 Å². The van der Waals surface area contributed by atoms with E-state index in [1.807, 2.05) is 31.4 Å². The van der Waals surface area contributed by atoms with Gasteiger partial charge in [-0.2, -0.15) is 16.5 Å². The molecule has 27 heavy (non-hydrogen) atoms. The van der Waals surface area contributed by atoms with E-state index in [-0.39, 0.29) is 16.8 Å². The van der Waals surface area contributed by atoms with Gasteiger partial charge in [0.1, 0.15) is 6.04 Å². The predicted octanol–water partition coefficient (Wildman–Crippen LogP) is 3.62. The first-order valence-electron chi connectivity index (χ1n) is 8.46. The summed E-state index contributed by atoms with van der Waals surface area (Å²) >= 11 is 7.74. The lowest BCUT2D eigenvalue weighted by Gasteiger charge is -2.22. The Morgan fingerprint density at radius 2 is 1.74 bits per heavy atom. The molecule has 2 rings (SSSR count). The molecule has 0 fully saturated rings. The summed E-state index contributed by atoms with van der Waals surface area (Å²) in [5, 5.41) is 3.41. The van der Waals surface area contributed by atoms with Crippen LogP contribution in [0.5, 0.6) is 0 Å². The third-order valence-corrected chi connectivity index (χ3v) is 6.48. The predicted molar refractivity (Wildman–Crippen MR) is 112 cm³/mol. The molecule has 0 heterocycles. The Morgan fingerprint density at radius 3 is 2.37 bits per heavy atom. The molecular weight excluding hydrogens is 404 g/mol. The van der Waals surface area contributed by atoms with Crippen molar-refractivity contribution in [1.29, 1.82) is 0 Å². The topological polar surface area (TPSA) is 75.3 Å². The molecule has 8 heteroatoms. The van der Waals surface area contributed by atoms with Crippen LogP contribution in [0.2, 0.25) is 5.02 Å². The molecular formula is C19H23ClN2O3S2. The van der Waals surface area contributed by atoms with Crippen molar-refractivity contribution in [3.8, 4) is 0 Å². The van der Waals surface area contributed by atoms with Crippen molar-refractivity contribution in [2.75, 3.05) is 12.0 Å². The Balaban J connectivity index is 2.15. The molecule has 0 bridgehead atoms. The van der Waals surface area contributed by atoms with E-state index in [1.54, 1.807) is 36.0 Å². The summed E-state index contributed by atoms with van der Waals surface area (Å²) in [6.07, 6.45) is 2.29. The quantitative estimate of drug-likeness (QED) is 0.642. The van der Waals surface area contributed by atoms with Gasteiger partial charge in [-0.1, -0.05) is 48.0 Å². The Bertz CT molecular complexity index is 860. The van der Waals surface area contributed by atoms with E-state index in [4.69, 9.17) is 11.6 Å². The Labute approximate surface area is 169 Å². The van der Waals surface area contributed by atoms with E-state index in [0.29, 0.717) is 17.2 Å². The molecule has 0 saturated carbocycles. The lowest BCUT2D eigenvalue weighted by atomic mass is 10.1. The molecule has 2 aromatic carbocycles. The van der Waals surface area contributed by atoms with Crippen molar-refractivity contribution < 1.29 is 13.2 Å². The van der Waals surface area contributed by atoms with Crippen LogP contribution in [0.3, 0.4) is 0 Å². The van der Waals surface area contributed by atoms with Gasteiger partial charge in [0.2, 0.25) is 15.9 Å². The average molecular weight is 427 g/mol. The van der Waals surface area contributed by atoms with Gasteiger partial charge in [0, 0.05) is 5.02 Å². The first kappa shape index (κ1) is 21.8. The minimum absolute atomic E-state index is 0.131. The van der Waals surface area contributed by atoms with Crippen LogP contribution in [-0.4, -0.2) is 32.4 Å². The number of halogens is 1. The number of carbonyl (C=O) groups is 1.